The Kier molecular flexibility index (Phi) is 2.64. The van der Waals surface area contributed by atoms with Crippen LogP contribution in [0, 0.1) is 6.92 Å². The zero-order valence-corrected chi connectivity index (χ0v) is 10.5. The van der Waals surface area contributed by atoms with Crippen LogP contribution in [0.4, 0.5) is 5.69 Å². The highest BCUT2D eigenvalue weighted by Gasteiger charge is 2.08. The van der Waals surface area contributed by atoms with E-state index in [0.29, 0.717) is 0 Å². The topological polar surface area (TPSA) is 80.5 Å². The first-order chi connectivity index (χ1) is 8.74. The molecule has 5 nitrogen and oxygen atoms in total. The van der Waals surface area contributed by atoms with Crippen LogP contribution in [0.25, 0.3) is 10.8 Å². The first-order valence-corrected chi connectivity index (χ1v) is 6.24. The van der Waals surface area contributed by atoms with E-state index in [9.17, 15) is 0 Å². The molecule has 0 spiro atoms. The molecule has 3 N–H and O–H groups in total. The predicted molar refractivity (Wildman–Crippen MR) is 71.4 cm³/mol. The maximum atomic E-state index is 5.96. The molecule has 0 fully saturated rings. The maximum Gasteiger partial charge on any atom is 0.188 e. The Hall–Kier alpha value is -2.08. The van der Waals surface area contributed by atoms with Crippen LogP contribution in [-0.4, -0.2) is 20.2 Å². The third-order valence-corrected chi connectivity index (χ3v) is 3.60. The Morgan fingerprint density at radius 2 is 2.11 bits per heavy atom. The summed E-state index contributed by atoms with van der Waals surface area (Å²) in [5.74, 6) is 0. The van der Waals surface area contributed by atoms with Crippen LogP contribution >= 0.6 is 11.8 Å². The molecule has 0 radical (unpaired) electrons. The molecule has 0 atom stereocenters. The van der Waals surface area contributed by atoms with Gasteiger partial charge in [-0.1, -0.05) is 0 Å². The lowest BCUT2D eigenvalue weighted by molar-refractivity contribution is 0.974. The molecule has 0 unspecified atom stereocenters. The van der Waals surface area contributed by atoms with Gasteiger partial charge >= 0.3 is 0 Å². The van der Waals surface area contributed by atoms with Crippen LogP contribution < -0.4 is 5.73 Å². The number of nitrogens with two attached hydrogens (primary N) is 1. The number of anilines is 1. The van der Waals surface area contributed by atoms with Crippen LogP contribution in [0.2, 0.25) is 0 Å². The molecule has 2 aromatic heterocycles. The molecule has 0 saturated carbocycles. The fraction of sp³-hybridized carbons (Fsp3) is 0.0833. The van der Waals surface area contributed by atoms with Crippen LogP contribution in [0.1, 0.15) is 5.69 Å². The van der Waals surface area contributed by atoms with Crippen molar-refractivity contribution in [2.45, 2.75) is 17.0 Å². The summed E-state index contributed by atoms with van der Waals surface area (Å²) >= 11 is 1.53. The number of nitrogen functional groups attached to an aromatic ring is 1. The largest absolute Gasteiger partial charge is 0.398 e. The molecule has 2 heterocycles. The van der Waals surface area contributed by atoms with Crippen molar-refractivity contribution >= 4 is 28.2 Å². The number of aromatic nitrogens is 4. The summed E-state index contributed by atoms with van der Waals surface area (Å²) in [7, 11) is 0. The molecule has 0 amide bonds. The van der Waals surface area contributed by atoms with E-state index >= 15 is 0 Å². The van der Waals surface area contributed by atoms with E-state index in [-0.39, 0.29) is 0 Å². The van der Waals surface area contributed by atoms with Crippen molar-refractivity contribution in [3.8, 4) is 0 Å². The van der Waals surface area contributed by atoms with Gasteiger partial charge < -0.3 is 5.73 Å². The molecule has 3 aromatic rings. The summed E-state index contributed by atoms with van der Waals surface area (Å²) in [6, 6.07) is 5.91. The highest BCUT2D eigenvalue weighted by atomic mass is 32.2. The molecule has 0 aliphatic carbocycles. The van der Waals surface area contributed by atoms with Crippen molar-refractivity contribution < 1.29 is 0 Å². The Morgan fingerprint density at radius 3 is 2.89 bits per heavy atom. The first-order valence-electron chi connectivity index (χ1n) is 5.42. The molecule has 3 rings (SSSR count). The number of hydrogen-bond donors (Lipinski definition) is 2. The quantitative estimate of drug-likeness (QED) is 0.689. The van der Waals surface area contributed by atoms with Crippen molar-refractivity contribution in [1.29, 1.82) is 0 Å². The number of nitrogens with zero attached hydrogens (tertiary/aromatic N) is 3. The number of H-pyrrole nitrogens is 1. The molecular weight excluding hydrogens is 246 g/mol. The lowest BCUT2D eigenvalue weighted by Crippen LogP contribution is -1.91. The van der Waals surface area contributed by atoms with E-state index in [1.807, 2.05) is 31.3 Å². The first kappa shape index (κ1) is 11.0. The van der Waals surface area contributed by atoms with Gasteiger partial charge in [0.1, 0.15) is 6.33 Å². The van der Waals surface area contributed by atoms with Crippen molar-refractivity contribution in [3.63, 3.8) is 0 Å². The van der Waals surface area contributed by atoms with Gasteiger partial charge in [-0.05, 0) is 36.9 Å². The van der Waals surface area contributed by atoms with Gasteiger partial charge in [-0.2, -0.15) is 5.10 Å². The maximum absolute atomic E-state index is 5.96. The Balaban J connectivity index is 2.17. The van der Waals surface area contributed by atoms with Gasteiger partial charge in [0.15, 0.2) is 5.16 Å². The van der Waals surface area contributed by atoms with E-state index in [1.165, 1.54) is 18.1 Å². The monoisotopic (exact) mass is 257 g/mol. The van der Waals surface area contributed by atoms with Gasteiger partial charge in [-0.3, -0.25) is 10.1 Å². The number of aryl methyl sites for hydroxylation is 1. The zero-order valence-electron chi connectivity index (χ0n) is 9.71. The molecule has 90 valence electrons. The number of nitrogens with one attached hydrogen (secondary N) is 1. The minimum absolute atomic E-state index is 0.736. The normalized spacial score (nSPS) is 10.9. The lowest BCUT2D eigenvalue weighted by atomic mass is 10.1. The zero-order chi connectivity index (χ0) is 12.5. The van der Waals surface area contributed by atoms with E-state index in [1.54, 1.807) is 0 Å². The van der Waals surface area contributed by atoms with E-state index in [0.717, 1.165) is 32.2 Å². The molecule has 18 heavy (non-hydrogen) atoms. The average molecular weight is 257 g/mol. The van der Waals surface area contributed by atoms with Gasteiger partial charge in [-0.25, -0.2) is 4.98 Å². The molecule has 0 saturated heterocycles. The molecular formula is C12H11N5S. The van der Waals surface area contributed by atoms with E-state index in [2.05, 4.69) is 20.2 Å². The van der Waals surface area contributed by atoms with Crippen molar-refractivity contribution in [3.05, 3.63) is 36.4 Å². The number of pyridine rings is 1. The highest BCUT2D eigenvalue weighted by Crippen LogP contribution is 2.34. The predicted octanol–water partition coefficient (Wildman–Crippen LogP) is 2.39. The summed E-state index contributed by atoms with van der Waals surface area (Å²) in [6.07, 6.45) is 3.30. The Bertz CT molecular complexity index is 693. The smallest absolute Gasteiger partial charge is 0.188 e. The second kappa shape index (κ2) is 4.30. The summed E-state index contributed by atoms with van der Waals surface area (Å²) in [5, 5.41) is 9.48. The van der Waals surface area contributed by atoms with Crippen molar-refractivity contribution in [2.75, 3.05) is 5.73 Å². The Morgan fingerprint density at radius 1 is 1.22 bits per heavy atom. The van der Waals surface area contributed by atoms with Crippen LogP contribution in [0.5, 0.6) is 0 Å². The van der Waals surface area contributed by atoms with Gasteiger partial charge in [0.05, 0.1) is 0 Å². The SMILES string of the molecule is Cc1cc2c(Sc3ncn[nH]3)ccc(N)c2cn1. The van der Waals surface area contributed by atoms with Gasteiger partial charge in [0.2, 0.25) is 0 Å². The van der Waals surface area contributed by atoms with Crippen LogP contribution in [0.3, 0.4) is 0 Å². The van der Waals surface area contributed by atoms with Crippen molar-refractivity contribution in [1.82, 2.24) is 20.2 Å². The van der Waals surface area contributed by atoms with Crippen LogP contribution in [-0.2, 0) is 0 Å². The van der Waals surface area contributed by atoms with Crippen molar-refractivity contribution in [2.24, 2.45) is 0 Å². The molecule has 0 aliphatic rings. The number of benzene rings is 1. The number of hydrogen-bond acceptors (Lipinski definition) is 5. The second-order valence-corrected chi connectivity index (χ2v) is 4.95. The van der Waals surface area contributed by atoms with Crippen LogP contribution in [0.15, 0.2) is 40.8 Å². The average Bonchev–Trinajstić information content (AvgIpc) is 2.86. The standard InChI is InChI=1S/C12H11N5S/c1-7-4-8-9(5-14-7)10(13)2-3-11(8)18-12-15-6-16-17-12/h2-6H,13H2,1H3,(H,15,16,17). The second-order valence-electron chi connectivity index (χ2n) is 3.92. The number of aromatic amines is 1. The van der Waals surface area contributed by atoms with Gasteiger partial charge in [0.25, 0.3) is 0 Å². The summed E-state index contributed by atoms with van der Waals surface area (Å²) in [6.45, 7) is 1.96. The van der Waals surface area contributed by atoms with E-state index in [4.69, 9.17) is 5.73 Å². The highest BCUT2D eigenvalue weighted by molar-refractivity contribution is 7.99. The number of rotatable bonds is 2. The molecule has 1 aromatic carbocycles. The molecule has 0 bridgehead atoms. The molecule has 0 aliphatic heterocycles. The summed E-state index contributed by atoms with van der Waals surface area (Å²) in [5.41, 5.74) is 7.66. The van der Waals surface area contributed by atoms with E-state index < -0.39 is 0 Å². The third kappa shape index (κ3) is 1.91. The summed E-state index contributed by atoms with van der Waals surface area (Å²) < 4.78 is 0. The Labute approximate surface area is 108 Å². The van der Waals surface area contributed by atoms with Gasteiger partial charge in [-0.15, -0.1) is 0 Å². The minimum atomic E-state index is 0.736. The van der Waals surface area contributed by atoms with Gasteiger partial charge in [0, 0.05) is 33.2 Å². The minimum Gasteiger partial charge on any atom is -0.398 e. The lowest BCUT2D eigenvalue weighted by Gasteiger charge is -2.07. The fourth-order valence-electron chi connectivity index (χ4n) is 1.78. The fourth-order valence-corrected chi connectivity index (χ4v) is 2.60. The summed E-state index contributed by atoms with van der Waals surface area (Å²) in [4.78, 5) is 9.48. The number of fused-ring (bicyclic) bond motifs is 1. The molecule has 6 heteroatoms. The third-order valence-electron chi connectivity index (χ3n) is 2.63.